The topological polar surface area (TPSA) is 78.9 Å². The Kier molecular flexibility index (Phi) is 11.5. The van der Waals surface area contributed by atoms with Gasteiger partial charge in [0, 0.05) is 44.5 Å². The first-order valence-corrected chi connectivity index (χ1v) is 15.6. The lowest BCUT2D eigenvalue weighted by Crippen LogP contribution is -2.41. The highest BCUT2D eigenvalue weighted by atomic mass is 32.2. The maximum atomic E-state index is 14.0. The van der Waals surface area contributed by atoms with E-state index in [4.69, 9.17) is 4.74 Å². The molecule has 2 N–H and O–H groups in total. The Labute approximate surface area is 250 Å². The lowest BCUT2D eigenvalue weighted by Gasteiger charge is -2.30. The van der Waals surface area contributed by atoms with Crippen LogP contribution in [0.15, 0.2) is 60.7 Å². The molecule has 0 aromatic heterocycles. The van der Waals surface area contributed by atoms with Crippen molar-refractivity contribution in [2.45, 2.75) is 45.3 Å². The van der Waals surface area contributed by atoms with E-state index < -0.39 is 29.6 Å². The van der Waals surface area contributed by atoms with Crippen LogP contribution in [0.3, 0.4) is 0 Å². The first kappa shape index (κ1) is 31.7. The molecule has 1 aliphatic rings. The summed E-state index contributed by atoms with van der Waals surface area (Å²) in [5.74, 6) is -1.71. The summed E-state index contributed by atoms with van der Waals surface area (Å²) in [6.07, 6.45) is 4.06. The summed E-state index contributed by atoms with van der Waals surface area (Å²) >= 11 is 1.53. The molecule has 3 aromatic carbocycles. The number of nitrogens with one attached hydrogen (secondary N) is 1. The van der Waals surface area contributed by atoms with Crippen LogP contribution in [0.1, 0.15) is 46.3 Å². The fraction of sp³-hybridized carbons (Fsp3) is 0.394. The van der Waals surface area contributed by atoms with Crippen LogP contribution in [-0.2, 0) is 22.6 Å². The highest BCUT2D eigenvalue weighted by molar-refractivity contribution is 7.98. The molecule has 3 aromatic rings. The molecular formula is C33H38F2N2O4S. The fourth-order valence-corrected chi connectivity index (χ4v) is 5.88. The third kappa shape index (κ3) is 8.86. The van der Waals surface area contributed by atoms with Gasteiger partial charge in [0.2, 0.25) is 0 Å². The van der Waals surface area contributed by atoms with E-state index in [0.29, 0.717) is 61.1 Å². The monoisotopic (exact) mass is 596 g/mol. The number of nitrogens with zero attached hydrogens (tertiary/aromatic N) is 1. The van der Waals surface area contributed by atoms with E-state index in [1.165, 1.54) is 23.9 Å². The number of benzene rings is 3. The van der Waals surface area contributed by atoms with Gasteiger partial charge < -0.3 is 15.2 Å². The number of carboxylic acids is 1. The van der Waals surface area contributed by atoms with Gasteiger partial charge in [-0.05, 0) is 96.2 Å². The SMILES string of the molecule is CSCCC(NC(=O)c1ccc(CN(Cc2cc(F)cc(F)c2)CC2CCOCC2)cc1-c1ccccc1C)C(=O)O. The largest absolute Gasteiger partial charge is 0.480 e. The number of ether oxygens (including phenoxy) is 1. The number of hydrogen-bond donors (Lipinski definition) is 2. The van der Waals surface area contributed by atoms with Crippen LogP contribution in [0.5, 0.6) is 0 Å². The van der Waals surface area contributed by atoms with Crippen LogP contribution < -0.4 is 5.32 Å². The van der Waals surface area contributed by atoms with Gasteiger partial charge in [0.25, 0.3) is 5.91 Å². The van der Waals surface area contributed by atoms with Crippen LogP contribution in [0.4, 0.5) is 8.78 Å². The second-order valence-electron chi connectivity index (χ2n) is 10.8. The van der Waals surface area contributed by atoms with E-state index in [9.17, 15) is 23.5 Å². The van der Waals surface area contributed by atoms with Crippen LogP contribution in [-0.4, -0.2) is 59.7 Å². The summed E-state index contributed by atoms with van der Waals surface area (Å²) in [7, 11) is 0. The summed E-state index contributed by atoms with van der Waals surface area (Å²) in [4.78, 5) is 27.5. The van der Waals surface area contributed by atoms with Crippen molar-refractivity contribution < 1.29 is 28.2 Å². The Balaban J connectivity index is 1.66. The molecule has 0 saturated carbocycles. The fourth-order valence-electron chi connectivity index (χ4n) is 5.41. The van der Waals surface area contributed by atoms with Gasteiger partial charge in [0.15, 0.2) is 0 Å². The standard InChI is InChI=1S/C33H38F2N2O4S/c1-22-5-3-4-6-28(22)30-17-24(7-8-29(30)32(38)36-31(33(39)40)11-14-42-2)20-37(19-23-9-12-41-13-10-23)21-25-15-26(34)18-27(35)16-25/h3-8,15-18,23,31H,9-14,19-21H2,1-2H3,(H,36,38)(H,39,40). The van der Waals surface area contributed by atoms with Crippen molar-refractivity contribution >= 4 is 23.6 Å². The molecule has 0 aliphatic carbocycles. The zero-order valence-corrected chi connectivity index (χ0v) is 24.9. The average Bonchev–Trinajstić information content (AvgIpc) is 2.95. The normalized spacial score (nSPS) is 14.6. The summed E-state index contributed by atoms with van der Waals surface area (Å²) in [5, 5.41) is 12.4. The van der Waals surface area contributed by atoms with E-state index in [-0.39, 0.29) is 0 Å². The number of carboxylic acid groups (broad SMARTS) is 1. The minimum Gasteiger partial charge on any atom is -0.480 e. The van der Waals surface area contributed by atoms with Crippen molar-refractivity contribution in [3.63, 3.8) is 0 Å². The molecule has 6 nitrogen and oxygen atoms in total. The van der Waals surface area contributed by atoms with Gasteiger partial charge in [0.05, 0.1) is 0 Å². The van der Waals surface area contributed by atoms with Crippen molar-refractivity contribution in [1.29, 1.82) is 0 Å². The molecule has 9 heteroatoms. The molecule has 1 aliphatic heterocycles. The summed E-state index contributed by atoms with van der Waals surface area (Å²) < 4.78 is 33.6. The summed E-state index contributed by atoms with van der Waals surface area (Å²) in [6.45, 7) is 4.97. The molecule has 1 unspecified atom stereocenters. The number of hydrogen-bond acceptors (Lipinski definition) is 5. The highest BCUT2D eigenvalue weighted by Gasteiger charge is 2.24. The number of amides is 1. The quantitative estimate of drug-likeness (QED) is 0.241. The van der Waals surface area contributed by atoms with E-state index in [2.05, 4.69) is 10.2 Å². The maximum Gasteiger partial charge on any atom is 0.326 e. The minimum absolute atomic E-state index is 0.321. The Bertz CT molecular complexity index is 1360. The van der Waals surface area contributed by atoms with Gasteiger partial charge in [0.1, 0.15) is 17.7 Å². The van der Waals surface area contributed by atoms with Crippen LogP contribution in [0, 0.1) is 24.5 Å². The van der Waals surface area contributed by atoms with Crippen molar-refractivity contribution in [3.05, 3.63) is 94.6 Å². The third-order valence-electron chi connectivity index (χ3n) is 7.57. The molecule has 1 atom stereocenters. The van der Waals surface area contributed by atoms with E-state index in [0.717, 1.165) is 42.1 Å². The molecule has 42 heavy (non-hydrogen) atoms. The predicted molar refractivity (Wildman–Crippen MR) is 163 cm³/mol. The van der Waals surface area contributed by atoms with Crippen LogP contribution >= 0.6 is 11.8 Å². The number of rotatable bonds is 13. The Morgan fingerprint density at radius 1 is 1.00 bits per heavy atom. The van der Waals surface area contributed by atoms with Crippen molar-refractivity contribution in [1.82, 2.24) is 10.2 Å². The van der Waals surface area contributed by atoms with Crippen LogP contribution in [0.2, 0.25) is 0 Å². The molecule has 1 fully saturated rings. The minimum atomic E-state index is -1.07. The number of halogens is 2. The van der Waals surface area contributed by atoms with Gasteiger partial charge in [-0.15, -0.1) is 0 Å². The number of aliphatic carboxylic acids is 1. The molecule has 0 spiro atoms. The molecule has 1 amide bonds. The lowest BCUT2D eigenvalue weighted by molar-refractivity contribution is -0.139. The van der Waals surface area contributed by atoms with Crippen molar-refractivity contribution in [2.24, 2.45) is 5.92 Å². The third-order valence-corrected chi connectivity index (χ3v) is 8.21. The second kappa shape index (κ2) is 15.3. The first-order chi connectivity index (χ1) is 20.2. The van der Waals surface area contributed by atoms with Crippen molar-refractivity contribution in [3.8, 4) is 11.1 Å². The van der Waals surface area contributed by atoms with Gasteiger partial charge in [-0.1, -0.05) is 30.3 Å². The van der Waals surface area contributed by atoms with E-state index in [1.54, 1.807) is 6.07 Å². The predicted octanol–water partition coefficient (Wildman–Crippen LogP) is 6.31. The lowest BCUT2D eigenvalue weighted by atomic mass is 9.93. The number of carbonyl (C=O) groups is 2. The molecular weight excluding hydrogens is 558 g/mol. The van der Waals surface area contributed by atoms with E-state index >= 15 is 0 Å². The number of thioether (sulfide) groups is 1. The number of carbonyl (C=O) groups excluding carboxylic acids is 1. The molecule has 224 valence electrons. The second-order valence-corrected chi connectivity index (χ2v) is 11.8. The Morgan fingerprint density at radius 3 is 2.36 bits per heavy atom. The first-order valence-electron chi connectivity index (χ1n) is 14.2. The highest BCUT2D eigenvalue weighted by Crippen LogP contribution is 2.30. The maximum absolute atomic E-state index is 14.0. The van der Waals surface area contributed by atoms with E-state index in [1.807, 2.05) is 49.6 Å². The number of aryl methyl sites for hydroxylation is 1. The van der Waals surface area contributed by atoms with Crippen LogP contribution in [0.25, 0.3) is 11.1 Å². The van der Waals surface area contributed by atoms with Crippen molar-refractivity contribution in [2.75, 3.05) is 31.8 Å². The van der Waals surface area contributed by atoms with Gasteiger partial charge >= 0.3 is 5.97 Å². The molecule has 0 radical (unpaired) electrons. The molecule has 0 bridgehead atoms. The zero-order chi connectivity index (χ0) is 30.1. The summed E-state index contributed by atoms with van der Waals surface area (Å²) in [5.41, 5.74) is 4.45. The smallest absolute Gasteiger partial charge is 0.326 e. The zero-order valence-electron chi connectivity index (χ0n) is 24.1. The van der Waals surface area contributed by atoms with Gasteiger partial charge in [-0.2, -0.15) is 11.8 Å². The Morgan fingerprint density at radius 2 is 1.69 bits per heavy atom. The Hall–Kier alpha value is -3.27. The molecule has 4 rings (SSSR count). The van der Waals surface area contributed by atoms with Gasteiger partial charge in [-0.25, -0.2) is 13.6 Å². The summed E-state index contributed by atoms with van der Waals surface area (Å²) in [6, 6.07) is 16.0. The van der Waals surface area contributed by atoms with Gasteiger partial charge in [-0.3, -0.25) is 9.69 Å². The molecule has 1 heterocycles. The molecule has 1 saturated heterocycles. The average molecular weight is 597 g/mol.